The second-order valence-corrected chi connectivity index (χ2v) is 9.42. The van der Waals surface area contributed by atoms with E-state index in [0.29, 0.717) is 0 Å². The smallest absolute Gasteiger partial charge is 0.136 e. The summed E-state index contributed by atoms with van der Waals surface area (Å²) in [5, 5.41) is 3.46. The molecule has 0 unspecified atom stereocenters. The van der Waals surface area contributed by atoms with Crippen molar-refractivity contribution in [2.24, 2.45) is 5.41 Å². The van der Waals surface area contributed by atoms with E-state index >= 15 is 0 Å². The summed E-state index contributed by atoms with van der Waals surface area (Å²) in [4.78, 5) is 0. The van der Waals surface area contributed by atoms with Gasteiger partial charge in [-0.25, -0.2) is 0 Å². The van der Waals surface area contributed by atoms with Crippen LogP contribution in [-0.2, 0) is 17.8 Å². The Morgan fingerprint density at radius 2 is 1.90 bits per heavy atom. The van der Waals surface area contributed by atoms with E-state index in [1.54, 1.807) is 0 Å². The fourth-order valence-electron chi connectivity index (χ4n) is 3.65. The summed E-state index contributed by atoms with van der Waals surface area (Å²) in [7, 11) is 0. The van der Waals surface area contributed by atoms with Crippen molar-refractivity contribution in [3.8, 4) is 0 Å². The first kappa shape index (κ1) is 15.3. The third kappa shape index (κ3) is 2.87. The van der Waals surface area contributed by atoms with Crippen LogP contribution in [0.15, 0.2) is 24.3 Å². The molecule has 1 aliphatic carbocycles. The molecule has 1 heterocycles. The molecular formula is C17H26N2OS. The molecule has 21 heavy (non-hydrogen) atoms. The molecule has 3 nitrogen and oxygen atoms in total. The van der Waals surface area contributed by atoms with Gasteiger partial charge in [0.2, 0.25) is 0 Å². The predicted octanol–water partition coefficient (Wildman–Crippen LogP) is 2.71. The highest BCUT2D eigenvalue weighted by Gasteiger charge is 2.49. The van der Waals surface area contributed by atoms with Crippen molar-refractivity contribution < 1.29 is 4.55 Å². The predicted molar refractivity (Wildman–Crippen MR) is 88.5 cm³/mol. The molecule has 0 amide bonds. The molecule has 3 rings (SSSR count). The highest BCUT2D eigenvalue weighted by molar-refractivity contribution is 7.90. The van der Waals surface area contributed by atoms with Gasteiger partial charge in [-0.1, -0.05) is 24.3 Å². The number of benzene rings is 1. The second kappa shape index (κ2) is 5.58. The molecule has 1 aromatic rings. The minimum atomic E-state index is -1.03. The SMILES string of the molecule is CC(C)(C)[S@+]([O-])N[C@H]1c2ccccc2CC12CCNCC2. The van der Waals surface area contributed by atoms with Gasteiger partial charge in [-0.3, -0.25) is 0 Å². The molecule has 1 saturated heterocycles. The molecule has 2 aliphatic rings. The van der Waals surface area contributed by atoms with Gasteiger partial charge in [-0.15, -0.1) is 4.72 Å². The van der Waals surface area contributed by atoms with E-state index in [1.807, 2.05) is 20.8 Å². The third-order valence-corrected chi connectivity index (χ3v) is 6.46. The van der Waals surface area contributed by atoms with Gasteiger partial charge in [0.15, 0.2) is 0 Å². The van der Waals surface area contributed by atoms with Crippen molar-refractivity contribution in [3.63, 3.8) is 0 Å². The zero-order valence-electron chi connectivity index (χ0n) is 13.2. The third-order valence-electron chi connectivity index (χ3n) is 4.90. The van der Waals surface area contributed by atoms with Crippen LogP contribution in [0.25, 0.3) is 0 Å². The van der Waals surface area contributed by atoms with Gasteiger partial charge in [-0.05, 0) is 64.3 Å². The average Bonchev–Trinajstić information content (AvgIpc) is 2.72. The molecule has 1 aliphatic heterocycles. The molecule has 0 bridgehead atoms. The lowest BCUT2D eigenvalue weighted by Gasteiger charge is -2.40. The minimum Gasteiger partial charge on any atom is -0.598 e. The van der Waals surface area contributed by atoms with E-state index in [-0.39, 0.29) is 16.2 Å². The second-order valence-electron chi connectivity index (χ2n) is 7.42. The van der Waals surface area contributed by atoms with Gasteiger partial charge >= 0.3 is 0 Å². The summed E-state index contributed by atoms with van der Waals surface area (Å²) in [6.07, 6.45) is 3.42. The fraction of sp³-hybridized carbons (Fsp3) is 0.647. The summed E-state index contributed by atoms with van der Waals surface area (Å²) in [6.45, 7) is 8.23. The van der Waals surface area contributed by atoms with Gasteiger partial charge in [0.05, 0.1) is 6.04 Å². The lowest BCUT2D eigenvalue weighted by molar-refractivity contribution is 0.163. The van der Waals surface area contributed by atoms with Gasteiger partial charge in [0.1, 0.15) is 4.75 Å². The lowest BCUT2D eigenvalue weighted by atomic mass is 9.73. The summed E-state index contributed by atoms with van der Waals surface area (Å²) in [5.74, 6) is 0. The molecule has 2 atom stereocenters. The van der Waals surface area contributed by atoms with Gasteiger partial charge in [-0.2, -0.15) is 0 Å². The van der Waals surface area contributed by atoms with E-state index in [4.69, 9.17) is 0 Å². The van der Waals surface area contributed by atoms with Crippen molar-refractivity contribution in [3.05, 3.63) is 35.4 Å². The molecule has 4 heteroatoms. The molecule has 0 aromatic heterocycles. The maximum absolute atomic E-state index is 12.6. The quantitative estimate of drug-likeness (QED) is 0.826. The summed E-state index contributed by atoms with van der Waals surface area (Å²) in [5.41, 5.74) is 3.02. The number of nitrogens with one attached hydrogen (secondary N) is 2. The standard InChI is InChI=1S/C17H26N2OS/c1-16(2,3)21(20)19-15-14-7-5-4-6-13(14)12-17(15)8-10-18-11-9-17/h4-7,15,18-19H,8-12H2,1-3H3/t15-,21-/m0/s1. The Hall–Kier alpha value is -0.550. The van der Waals surface area contributed by atoms with E-state index < -0.39 is 11.4 Å². The average molecular weight is 306 g/mol. The van der Waals surface area contributed by atoms with Gasteiger partial charge < -0.3 is 9.87 Å². The van der Waals surface area contributed by atoms with Crippen LogP contribution in [0.3, 0.4) is 0 Å². The Bertz CT molecular complexity index is 506. The minimum absolute atomic E-state index is 0.218. The number of piperidine rings is 1. The maximum atomic E-state index is 12.6. The lowest BCUT2D eigenvalue weighted by Crippen LogP contribution is -2.48. The Balaban J connectivity index is 1.92. The highest BCUT2D eigenvalue weighted by Crippen LogP contribution is 2.51. The van der Waals surface area contributed by atoms with E-state index in [2.05, 4.69) is 34.3 Å². The summed E-state index contributed by atoms with van der Waals surface area (Å²) in [6, 6.07) is 8.89. The van der Waals surface area contributed by atoms with Crippen molar-refractivity contribution in [1.82, 2.24) is 10.0 Å². The van der Waals surface area contributed by atoms with Gasteiger partial charge in [0.25, 0.3) is 0 Å². The Morgan fingerprint density at radius 3 is 2.57 bits per heavy atom. The topological polar surface area (TPSA) is 47.1 Å². The highest BCUT2D eigenvalue weighted by atomic mass is 32.2. The molecule has 0 saturated carbocycles. The van der Waals surface area contributed by atoms with Crippen LogP contribution in [0.5, 0.6) is 0 Å². The van der Waals surface area contributed by atoms with Crippen molar-refractivity contribution in [2.45, 2.75) is 50.8 Å². The molecule has 116 valence electrons. The molecule has 1 spiro atoms. The largest absolute Gasteiger partial charge is 0.598 e. The maximum Gasteiger partial charge on any atom is 0.136 e. The van der Waals surface area contributed by atoms with Crippen LogP contribution >= 0.6 is 0 Å². The fourth-order valence-corrected chi connectivity index (χ4v) is 4.60. The number of hydrogen-bond acceptors (Lipinski definition) is 3. The monoisotopic (exact) mass is 306 g/mol. The first-order valence-corrected chi connectivity index (χ1v) is 9.04. The van der Waals surface area contributed by atoms with Crippen molar-refractivity contribution >= 4 is 11.4 Å². The van der Waals surface area contributed by atoms with Crippen LogP contribution in [0.2, 0.25) is 0 Å². The molecule has 0 radical (unpaired) electrons. The van der Waals surface area contributed by atoms with Crippen LogP contribution < -0.4 is 10.0 Å². The van der Waals surface area contributed by atoms with Crippen LogP contribution in [-0.4, -0.2) is 22.4 Å². The van der Waals surface area contributed by atoms with Crippen molar-refractivity contribution in [1.29, 1.82) is 0 Å². The molecule has 1 aromatic carbocycles. The summed E-state index contributed by atoms with van der Waals surface area (Å²) >= 11 is -1.03. The Labute approximate surface area is 131 Å². The molecule has 2 N–H and O–H groups in total. The Kier molecular flexibility index (Phi) is 4.08. The molecular weight excluding hydrogens is 280 g/mol. The normalized spacial score (nSPS) is 25.8. The van der Waals surface area contributed by atoms with E-state index in [1.165, 1.54) is 11.1 Å². The number of fused-ring (bicyclic) bond motifs is 1. The first-order chi connectivity index (χ1) is 9.92. The number of rotatable bonds is 2. The zero-order valence-corrected chi connectivity index (χ0v) is 14.1. The Morgan fingerprint density at radius 1 is 1.24 bits per heavy atom. The van der Waals surface area contributed by atoms with Crippen molar-refractivity contribution in [2.75, 3.05) is 13.1 Å². The summed E-state index contributed by atoms with van der Waals surface area (Å²) < 4.78 is 15.9. The number of hydrogen-bond donors (Lipinski definition) is 2. The van der Waals surface area contributed by atoms with Crippen LogP contribution in [0, 0.1) is 5.41 Å². The first-order valence-electron chi connectivity index (χ1n) is 7.89. The zero-order chi connectivity index (χ0) is 15.1. The van der Waals surface area contributed by atoms with Crippen LogP contribution in [0.1, 0.15) is 50.8 Å². The van der Waals surface area contributed by atoms with E-state index in [9.17, 15) is 4.55 Å². The van der Waals surface area contributed by atoms with Crippen LogP contribution in [0.4, 0.5) is 0 Å². The van der Waals surface area contributed by atoms with Gasteiger partial charge in [0, 0.05) is 16.8 Å². The molecule has 1 fully saturated rings. The van der Waals surface area contributed by atoms with E-state index in [0.717, 1.165) is 32.4 Å².